The Morgan fingerprint density at radius 2 is 1.40 bits per heavy atom. The molecule has 0 fully saturated rings. The monoisotopic (exact) mass is 300 g/mol. The molecule has 0 heterocycles. The van der Waals surface area contributed by atoms with Crippen LogP contribution in [0.4, 0.5) is 0 Å². The van der Waals surface area contributed by atoms with E-state index in [0.717, 1.165) is 17.7 Å². The Morgan fingerprint density at radius 3 is 1.90 bits per heavy atom. The number of rotatable bonds is 5. The van der Waals surface area contributed by atoms with Crippen LogP contribution in [0.3, 0.4) is 0 Å². The van der Waals surface area contributed by atoms with Gasteiger partial charge in [-0.1, -0.05) is 75.0 Å². The van der Waals surface area contributed by atoms with Crippen LogP contribution in [0, 0.1) is 0 Å². The fourth-order valence-corrected chi connectivity index (χ4v) is 4.89. The van der Waals surface area contributed by atoms with E-state index in [0.29, 0.717) is 0 Å². The molecule has 0 unspecified atom stereocenters. The molecule has 0 saturated carbocycles. The molecule has 2 aromatic rings. The smallest absolute Gasteiger partial charge is 0.161 e. The van der Waals surface area contributed by atoms with Crippen molar-refractivity contribution in [2.75, 3.05) is 0 Å². The van der Waals surface area contributed by atoms with E-state index in [1.54, 1.807) is 0 Å². The molecule has 104 valence electrons. The summed E-state index contributed by atoms with van der Waals surface area (Å²) in [5.74, 6) is 0. The molecule has 2 rings (SSSR count). The van der Waals surface area contributed by atoms with Gasteiger partial charge in [0.05, 0.1) is 0 Å². The van der Waals surface area contributed by atoms with Crippen molar-refractivity contribution < 1.29 is 0 Å². The van der Waals surface area contributed by atoms with Crippen molar-refractivity contribution in [1.82, 2.24) is 0 Å². The minimum Gasteiger partial charge on any atom is -0.161 e. The van der Waals surface area contributed by atoms with E-state index in [-0.39, 0.29) is 0 Å². The quantitative estimate of drug-likeness (QED) is 0.527. The maximum atomic E-state index is 6.80. The van der Waals surface area contributed by atoms with Crippen LogP contribution in [0.2, 0.25) is 12.1 Å². The van der Waals surface area contributed by atoms with Crippen molar-refractivity contribution in [3.05, 3.63) is 72.3 Å². The molecule has 0 N–H and O–H groups in total. The molecule has 2 heteroatoms. The first-order valence-electron chi connectivity index (χ1n) is 7.15. The van der Waals surface area contributed by atoms with Gasteiger partial charge < -0.3 is 0 Å². The molecule has 0 aliphatic rings. The van der Waals surface area contributed by atoms with Gasteiger partial charge in [-0.3, -0.25) is 0 Å². The maximum absolute atomic E-state index is 6.80. The first-order chi connectivity index (χ1) is 9.60. The molecule has 2 aromatic carbocycles. The van der Waals surface area contributed by atoms with Crippen molar-refractivity contribution in [2.24, 2.45) is 0 Å². The topological polar surface area (TPSA) is 0 Å². The van der Waals surface area contributed by atoms with Gasteiger partial charge in [-0.2, -0.15) is 11.1 Å². The molecule has 0 saturated heterocycles. The molecule has 0 radical (unpaired) electrons. The summed E-state index contributed by atoms with van der Waals surface area (Å²) < 4.78 is 0. The summed E-state index contributed by atoms with van der Waals surface area (Å²) in [6.07, 6.45) is 0. The first-order valence-corrected chi connectivity index (χ1v) is 10.6. The van der Waals surface area contributed by atoms with Gasteiger partial charge >= 0.3 is 0 Å². The van der Waals surface area contributed by atoms with Crippen molar-refractivity contribution in [1.29, 1.82) is 0 Å². The standard InChI is InChI=1S/C18H21ClSi/c1-4-20(19,5-2)18-13-11-17(12-14-18)15(3)16-9-7-6-8-10-16/h6-14H,3-5H2,1-2H3. The lowest BCUT2D eigenvalue weighted by molar-refractivity contribution is 1.31. The zero-order chi connectivity index (χ0) is 14.6. The molecular weight excluding hydrogens is 280 g/mol. The van der Waals surface area contributed by atoms with Gasteiger partial charge in [0.1, 0.15) is 0 Å². The first kappa shape index (κ1) is 15.1. The van der Waals surface area contributed by atoms with Crippen LogP contribution < -0.4 is 5.19 Å². The Kier molecular flexibility index (Phi) is 4.85. The molecule has 0 aliphatic heterocycles. The number of halogens is 1. The highest BCUT2D eigenvalue weighted by atomic mass is 35.6. The van der Waals surface area contributed by atoms with Crippen molar-refractivity contribution in [3.8, 4) is 0 Å². The fraction of sp³-hybridized carbons (Fsp3) is 0.222. The fourth-order valence-electron chi connectivity index (χ4n) is 2.43. The second-order valence-electron chi connectivity index (χ2n) is 5.09. The van der Waals surface area contributed by atoms with E-state index in [2.05, 4.69) is 56.8 Å². The van der Waals surface area contributed by atoms with E-state index in [9.17, 15) is 0 Å². The zero-order valence-electron chi connectivity index (χ0n) is 12.2. The second kappa shape index (κ2) is 6.42. The molecule has 0 nitrogen and oxygen atoms in total. The van der Waals surface area contributed by atoms with Gasteiger partial charge in [0.25, 0.3) is 0 Å². The Bertz CT molecular complexity index is 568. The summed E-state index contributed by atoms with van der Waals surface area (Å²) in [5.41, 5.74) is 3.40. The van der Waals surface area contributed by atoms with Gasteiger partial charge in [0.2, 0.25) is 0 Å². The predicted molar refractivity (Wildman–Crippen MR) is 93.2 cm³/mol. The van der Waals surface area contributed by atoms with Crippen LogP contribution in [0.25, 0.3) is 5.57 Å². The zero-order valence-corrected chi connectivity index (χ0v) is 14.0. The SMILES string of the molecule is C=C(c1ccccc1)c1ccc([Si](Cl)(CC)CC)cc1. The van der Waals surface area contributed by atoms with Crippen molar-refractivity contribution in [2.45, 2.75) is 25.9 Å². The number of benzene rings is 2. The molecular formula is C18H21ClSi. The molecule has 20 heavy (non-hydrogen) atoms. The number of hydrogen-bond donors (Lipinski definition) is 0. The van der Waals surface area contributed by atoms with Crippen molar-refractivity contribution >= 4 is 29.2 Å². The average molecular weight is 301 g/mol. The summed E-state index contributed by atoms with van der Waals surface area (Å²) in [6.45, 7) is 8.59. The number of hydrogen-bond acceptors (Lipinski definition) is 0. The summed E-state index contributed by atoms with van der Waals surface area (Å²) in [5, 5.41) is 1.33. The van der Waals surface area contributed by atoms with Gasteiger partial charge in [-0.15, -0.1) is 0 Å². The van der Waals surface area contributed by atoms with Gasteiger partial charge in [-0.25, -0.2) is 0 Å². The van der Waals surface area contributed by atoms with E-state index < -0.39 is 7.38 Å². The summed E-state index contributed by atoms with van der Waals surface area (Å²) in [6, 6.07) is 21.1. The van der Waals surface area contributed by atoms with E-state index in [1.165, 1.54) is 16.3 Å². The largest absolute Gasteiger partial charge is 0.186 e. The minimum absolute atomic E-state index is 1.06. The second-order valence-corrected chi connectivity index (χ2v) is 11.2. The highest BCUT2D eigenvalue weighted by Crippen LogP contribution is 2.23. The van der Waals surface area contributed by atoms with Crippen LogP contribution >= 0.6 is 11.1 Å². The van der Waals surface area contributed by atoms with Crippen LogP contribution in [0.15, 0.2) is 61.2 Å². The van der Waals surface area contributed by atoms with Gasteiger partial charge in [0, 0.05) is 0 Å². The van der Waals surface area contributed by atoms with Gasteiger partial charge in [-0.05, 0) is 34.0 Å². The lowest BCUT2D eigenvalue weighted by Gasteiger charge is -2.21. The molecule has 0 amide bonds. The Hall–Kier alpha value is -1.31. The molecule has 0 bridgehead atoms. The van der Waals surface area contributed by atoms with Crippen molar-refractivity contribution in [3.63, 3.8) is 0 Å². The Labute approximate surface area is 127 Å². The van der Waals surface area contributed by atoms with E-state index in [4.69, 9.17) is 11.1 Å². The lowest BCUT2D eigenvalue weighted by Crippen LogP contribution is -2.40. The van der Waals surface area contributed by atoms with Crippen LogP contribution in [0.5, 0.6) is 0 Å². The van der Waals surface area contributed by atoms with Gasteiger partial charge in [0.15, 0.2) is 7.38 Å². The summed E-state index contributed by atoms with van der Waals surface area (Å²) in [4.78, 5) is 0. The van der Waals surface area contributed by atoms with E-state index >= 15 is 0 Å². The lowest BCUT2D eigenvalue weighted by atomic mass is 10.00. The predicted octanol–water partition coefficient (Wildman–Crippen LogP) is 5.18. The third-order valence-electron chi connectivity index (χ3n) is 3.99. The highest BCUT2D eigenvalue weighted by molar-refractivity contribution is 7.27. The average Bonchev–Trinajstić information content (AvgIpc) is 2.54. The third kappa shape index (κ3) is 3.05. The molecule has 0 atom stereocenters. The maximum Gasteiger partial charge on any atom is 0.186 e. The van der Waals surface area contributed by atoms with Crippen LogP contribution in [-0.4, -0.2) is 7.38 Å². The molecule has 0 spiro atoms. The summed E-state index contributed by atoms with van der Waals surface area (Å²) >= 11 is 6.80. The molecule has 0 aromatic heterocycles. The van der Waals surface area contributed by atoms with Crippen LogP contribution in [-0.2, 0) is 0 Å². The molecule has 0 aliphatic carbocycles. The minimum atomic E-state index is -1.77. The Balaban J connectivity index is 2.27. The normalized spacial score (nSPS) is 11.3. The third-order valence-corrected chi connectivity index (χ3v) is 9.86. The summed E-state index contributed by atoms with van der Waals surface area (Å²) in [7, 11) is -1.77. The highest BCUT2D eigenvalue weighted by Gasteiger charge is 2.28. The Morgan fingerprint density at radius 1 is 0.900 bits per heavy atom. The van der Waals surface area contributed by atoms with Crippen LogP contribution in [0.1, 0.15) is 25.0 Å². The van der Waals surface area contributed by atoms with E-state index in [1.807, 2.05) is 18.2 Å².